The summed E-state index contributed by atoms with van der Waals surface area (Å²) in [4.78, 5) is 0. The van der Waals surface area contributed by atoms with Crippen LogP contribution in [0, 0.1) is 5.82 Å². The molecule has 1 aromatic carbocycles. The fourth-order valence-electron chi connectivity index (χ4n) is 1.52. The van der Waals surface area contributed by atoms with E-state index in [1.807, 2.05) is 0 Å². The van der Waals surface area contributed by atoms with Crippen molar-refractivity contribution in [3.05, 3.63) is 34.1 Å². The maximum atomic E-state index is 13.5. The summed E-state index contributed by atoms with van der Waals surface area (Å²) < 4.78 is 25.1. The van der Waals surface area contributed by atoms with E-state index in [9.17, 15) is 4.39 Å². The molecule has 14 heavy (non-hydrogen) atoms. The zero-order valence-electron chi connectivity index (χ0n) is 7.72. The molecule has 0 unspecified atom stereocenters. The molecule has 2 rings (SSSR count). The third-order valence-electron chi connectivity index (χ3n) is 2.26. The van der Waals surface area contributed by atoms with E-state index in [1.165, 1.54) is 6.07 Å². The Kier molecular flexibility index (Phi) is 2.60. The van der Waals surface area contributed by atoms with E-state index in [-0.39, 0.29) is 5.82 Å². The summed E-state index contributed by atoms with van der Waals surface area (Å²) in [7, 11) is 0. The van der Waals surface area contributed by atoms with Crippen LogP contribution < -0.4 is 0 Å². The number of ether oxygens (including phenoxy) is 2. The molecule has 1 aliphatic heterocycles. The van der Waals surface area contributed by atoms with Crippen LogP contribution in [0.4, 0.5) is 4.39 Å². The van der Waals surface area contributed by atoms with Gasteiger partial charge in [0.05, 0.1) is 13.2 Å². The summed E-state index contributed by atoms with van der Waals surface area (Å²) in [5, 5.41) is 0. The van der Waals surface area contributed by atoms with Gasteiger partial charge in [0.25, 0.3) is 0 Å². The van der Waals surface area contributed by atoms with Crippen LogP contribution in [0.25, 0.3) is 0 Å². The first kappa shape index (κ1) is 10.1. The third kappa shape index (κ3) is 1.69. The fourth-order valence-corrected chi connectivity index (χ4v) is 1.88. The van der Waals surface area contributed by atoms with Crippen LogP contribution in [-0.4, -0.2) is 13.2 Å². The van der Waals surface area contributed by atoms with Crippen LogP contribution in [0.2, 0.25) is 0 Å². The average Bonchev–Trinajstić information content (AvgIpc) is 2.58. The van der Waals surface area contributed by atoms with E-state index in [1.54, 1.807) is 19.1 Å². The predicted octanol–water partition coefficient (Wildman–Crippen LogP) is 2.81. The fraction of sp³-hybridized carbons (Fsp3) is 0.400. The van der Waals surface area contributed by atoms with Gasteiger partial charge in [0.2, 0.25) is 0 Å². The lowest BCUT2D eigenvalue weighted by Gasteiger charge is -2.23. The summed E-state index contributed by atoms with van der Waals surface area (Å²) in [6.45, 7) is 2.73. The number of halogens is 2. The van der Waals surface area contributed by atoms with E-state index in [0.29, 0.717) is 18.8 Å². The van der Waals surface area contributed by atoms with Crippen molar-refractivity contribution in [3.8, 4) is 0 Å². The normalized spacial score (nSPS) is 19.9. The van der Waals surface area contributed by atoms with Crippen LogP contribution in [0.5, 0.6) is 0 Å². The topological polar surface area (TPSA) is 18.5 Å². The molecule has 0 aromatic heterocycles. The smallest absolute Gasteiger partial charge is 0.194 e. The monoisotopic (exact) mass is 260 g/mol. The zero-order valence-corrected chi connectivity index (χ0v) is 9.30. The van der Waals surface area contributed by atoms with Gasteiger partial charge in [-0.1, -0.05) is 15.9 Å². The Morgan fingerprint density at radius 2 is 2.00 bits per heavy atom. The summed E-state index contributed by atoms with van der Waals surface area (Å²) in [6, 6.07) is 4.73. The van der Waals surface area contributed by atoms with E-state index in [0.717, 1.165) is 4.47 Å². The Bertz CT molecular complexity index is 348. The SMILES string of the molecule is CC1(c2cc(Br)ccc2F)OCCO1. The van der Waals surface area contributed by atoms with Gasteiger partial charge in [0.1, 0.15) is 5.82 Å². The Hall–Kier alpha value is -0.450. The zero-order chi connectivity index (χ0) is 10.2. The molecule has 0 saturated carbocycles. The van der Waals surface area contributed by atoms with E-state index >= 15 is 0 Å². The second-order valence-electron chi connectivity index (χ2n) is 3.27. The molecule has 0 bridgehead atoms. The Morgan fingerprint density at radius 1 is 1.36 bits per heavy atom. The lowest BCUT2D eigenvalue weighted by Crippen LogP contribution is -2.23. The van der Waals surface area contributed by atoms with Crippen molar-refractivity contribution in [1.29, 1.82) is 0 Å². The molecular formula is C10H10BrFO2. The van der Waals surface area contributed by atoms with Crippen LogP contribution in [0.15, 0.2) is 22.7 Å². The molecule has 4 heteroatoms. The van der Waals surface area contributed by atoms with Gasteiger partial charge >= 0.3 is 0 Å². The number of hydrogen-bond acceptors (Lipinski definition) is 2. The molecule has 0 atom stereocenters. The lowest BCUT2D eigenvalue weighted by atomic mass is 10.1. The molecule has 1 heterocycles. The van der Waals surface area contributed by atoms with Gasteiger partial charge in [-0.2, -0.15) is 0 Å². The highest BCUT2D eigenvalue weighted by atomic mass is 79.9. The quantitative estimate of drug-likeness (QED) is 0.773. The maximum absolute atomic E-state index is 13.5. The minimum Gasteiger partial charge on any atom is -0.344 e. The molecule has 0 amide bonds. The van der Waals surface area contributed by atoms with Crippen LogP contribution >= 0.6 is 15.9 Å². The van der Waals surface area contributed by atoms with Crippen molar-refractivity contribution in [3.63, 3.8) is 0 Å². The first-order valence-corrected chi connectivity index (χ1v) is 5.14. The summed E-state index contributed by atoms with van der Waals surface area (Å²) in [5.74, 6) is -1.24. The van der Waals surface area contributed by atoms with Crippen LogP contribution in [0.3, 0.4) is 0 Å². The molecule has 1 aliphatic rings. The van der Waals surface area contributed by atoms with Gasteiger partial charge in [-0.15, -0.1) is 0 Å². The van der Waals surface area contributed by atoms with Gasteiger partial charge in [-0.3, -0.25) is 0 Å². The summed E-state index contributed by atoms with van der Waals surface area (Å²) >= 11 is 3.29. The van der Waals surface area contributed by atoms with Crippen molar-refractivity contribution in [2.75, 3.05) is 13.2 Å². The molecule has 1 saturated heterocycles. The minimum absolute atomic E-state index is 0.308. The standard InChI is InChI=1S/C10H10BrFO2/c1-10(13-4-5-14-10)8-6-7(11)2-3-9(8)12/h2-3,6H,4-5H2,1H3. The summed E-state index contributed by atoms with van der Waals surface area (Å²) in [6.07, 6.45) is 0. The largest absolute Gasteiger partial charge is 0.344 e. The number of hydrogen-bond donors (Lipinski definition) is 0. The van der Waals surface area contributed by atoms with Crippen LogP contribution in [0.1, 0.15) is 12.5 Å². The summed E-state index contributed by atoms with van der Waals surface area (Å²) in [5.41, 5.74) is 0.435. The van der Waals surface area contributed by atoms with E-state index in [2.05, 4.69) is 15.9 Å². The Labute approximate surface area is 90.1 Å². The molecular weight excluding hydrogens is 251 g/mol. The second-order valence-corrected chi connectivity index (χ2v) is 4.18. The lowest BCUT2D eigenvalue weighted by molar-refractivity contribution is -0.151. The number of benzene rings is 1. The minimum atomic E-state index is -0.937. The van der Waals surface area contributed by atoms with Crippen LogP contribution in [-0.2, 0) is 15.3 Å². The molecule has 0 radical (unpaired) electrons. The highest BCUT2D eigenvalue weighted by Gasteiger charge is 2.35. The first-order chi connectivity index (χ1) is 6.62. The molecule has 0 spiro atoms. The molecule has 2 nitrogen and oxygen atoms in total. The molecule has 1 fully saturated rings. The van der Waals surface area contributed by atoms with Crippen molar-refractivity contribution < 1.29 is 13.9 Å². The third-order valence-corrected chi connectivity index (χ3v) is 2.75. The Morgan fingerprint density at radius 3 is 2.64 bits per heavy atom. The molecule has 76 valence electrons. The molecule has 0 aliphatic carbocycles. The number of rotatable bonds is 1. The van der Waals surface area contributed by atoms with Crippen molar-refractivity contribution in [2.24, 2.45) is 0 Å². The van der Waals surface area contributed by atoms with Gasteiger partial charge in [-0.05, 0) is 25.1 Å². The highest BCUT2D eigenvalue weighted by molar-refractivity contribution is 9.10. The van der Waals surface area contributed by atoms with E-state index in [4.69, 9.17) is 9.47 Å². The Balaban J connectivity index is 2.44. The predicted molar refractivity (Wildman–Crippen MR) is 53.4 cm³/mol. The van der Waals surface area contributed by atoms with Gasteiger partial charge in [0, 0.05) is 10.0 Å². The van der Waals surface area contributed by atoms with Gasteiger partial charge in [0.15, 0.2) is 5.79 Å². The average molecular weight is 261 g/mol. The molecule has 1 aromatic rings. The van der Waals surface area contributed by atoms with Crippen molar-refractivity contribution in [2.45, 2.75) is 12.7 Å². The van der Waals surface area contributed by atoms with Crippen molar-refractivity contribution >= 4 is 15.9 Å². The second kappa shape index (κ2) is 3.61. The van der Waals surface area contributed by atoms with Crippen molar-refractivity contribution in [1.82, 2.24) is 0 Å². The first-order valence-electron chi connectivity index (χ1n) is 4.35. The van der Waals surface area contributed by atoms with E-state index < -0.39 is 5.79 Å². The maximum Gasteiger partial charge on any atom is 0.194 e. The molecule has 0 N–H and O–H groups in total. The van der Waals surface area contributed by atoms with Gasteiger partial charge in [-0.25, -0.2) is 4.39 Å². The highest BCUT2D eigenvalue weighted by Crippen LogP contribution is 2.33. The van der Waals surface area contributed by atoms with Gasteiger partial charge < -0.3 is 9.47 Å².